The standard InChI is InChI=1S/C22H24N/c1-3-11-21(12-4-1)15-9-19-23(17-7-8-18-23)20-10-16-22-13-5-2-6-14-22/h1-6,9,11-15H,7-8,17-20H2/q+1/b15-9+. The quantitative estimate of drug-likeness (QED) is 0.581. The molecular weight excluding hydrogens is 278 g/mol. The van der Waals surface area contributed by atoms with Gasteiger partial charge in [0.05, 0.1) is 19.6 Å². The van der Waals surface area contributed by atoms with E-state index in [1.807, 2.05) is 18.2 Å². The van der Waals surface area contributed by atoms with Gasteiger partial charge in [0.1, 0.15) is 6.54 Å². The average Bonchev–Trinajstić information content (AvgIpc) is 3.06. The molecule has 1 nitrogen and oxygen atoms in total. The number of benzene rings is 2. The molecule has 0 saturated carbocycles. The largest absolute Gasteiger partial charge is 0.310 e. The molecule has 0 radical (unpaired) electrons. The number of quaternary nitrogens is 1. The molecule has 2 aromatic carbocycles. The lowest BCUT2D eigenvalue weighted by atomic mass is 10.2. The molecule has 0 amide bonds. The summed E-state index contributed by atoms with van der Waals surface area (Å²) < 4.78 is 1.11. The van der Waals surface area contributed by atoms with Crippen molar-refractivity contribution in [1.82, 2.24) is 0 Å². The van der Waals surface area contributed by atoms with E-state index in [-0.39, 0.29) is 0 Å². The van der Waals surface area contributed by atoms with Crippen molar-refractivity contribution < 1.29 is 4.48 Å². The third-order valence-electron chi connectivity index (χ3n) is 4.54. The molecule has 1 saturated heterocycles. The Morgan fingerprint density at radius 1 is 0.870 bits per heavy atom. The van der Waals surface area contributed by atoms with Crippen LogP contribution in [0.25, 0.3) is 6.08 Å². The van der Waals surface area contributed by atoms with Gasteiger partial charge in [0.2, 0.25) is 0 Å². The smallest absolute Gasteiger partial charge is 0.141 e. The number of hydrogen-bond donors (Lipinski definition) is 0. The van der Waals surface area contributed by atoms with Crippen molar-refractivity contribution in [2.45, 2.75) is 12.8 Å². The maximum atomic E-state index is 3.42. The molecule has 0 aliphatic carbocycles. The van der Waals surface area contributed by atoms with Gasteiger partial charge in [-0.2, -0.15) is 0 Å². The minimum Gasteiger partial charge on any atom is -0.310 e. The van der Waals surface area contributed by atoms with E-state index in [1.165, 1.54) is 31.5 Å². The summed E-state index contributed by atoms with van der Waals surface area (Å²) in [6.07, 6.45) is 7.21. The third kappa shape index (κ3) is 4.58. The maximum Gasteiger partial charge on any atom is 0.141 e. The predicted molar refractivity (Wildman–Crippen MR) is 97.8 cm³/mol. The minimum atomic E-state index is 0.952. The van der Waals surface area contributed by atoms with Crippen molar-refractivity contribution >= 4 is 6.08 Å². The molecule has 0 N–H and O–H groups in total. The predicted octanol–water partition coefficient (Wildman–Crippen LogP) is 4.36. The Kier molecular flexibility index (Phi) is 5.29. The number of hydrogen-bond acceptors (Lipinski definition) is 0. The molecule has 1 fully saturated rings. The zero-order chi connectivity index (χ0) is 15.8. The first-order valence-electron chi connectivity index (χ1n) is 8.47. The average molecular weight is 302 g/mol. The lowest BCUT2D eigenvalue weighted by molar-refractivity contribution is -0.904. The number of nitrogens with zero attached hydrogens (tertiary/aromatic N) is 1. The van der Waals surface area contributed by atoms with Crippen LogP contribution in [-0.4, -0.2) is 30.7 Å². The van der Waals surface area contributed by atoms with Crippen molar-refractivity contribution in [3.8, 4) is 11.8 Å². The molecule has 0 bridgehead atoms. The molecular formula is C22H24N+. The second-order valence-corrected chi connectivity index (χ2v) is 6.32. The van der Waals surface area contributed by atoms with Crippen LogP contribution in [0, 0.1) is 11.8 Å². The van der Waals surface area contributed by atoms with Crippen LogP contribution in [0.15, 0.2) is 66.7 Å². The van der Waals surface area contributed by atoms with Gasteiger partial charge in [-0.15, -0.1) is 0 Å². The molecule has 116 valence electrons. The SMILES string of the molecule is C(#Cc1ccccc1)C[N+]1(C/C=C/c2ccccc2)CCCC1. The van der Waals surface area contributed by atoms with Crippen LogP contribution in [0.4, 0.5) is 0 Å². The molecule has 23 heavy (non-hydrogen) atoms. The van der Waals surface area contributed by atoms with Crippen LogP contribution < -0.4 is 0 Å². The molecule has 2 aromatic rings. The van der Waals surface area contributed by atoms with Gasteiger partial charge in [-0.1, -0.05) is 60.5 Å². The normalized spacial score (nSPS) is 16.2. The summed E-state index contributed by atoms with van der Waals surface area (Å²) in [4.78, 5) is 0. The van der Waals surface area contributed by atoms with Gasteiger partial charge >= 0.3 is 0 Å². The first-order chi connectivity index (χ1) is 11.4. The van der Waals surface area contributed by atoms with Gasteiger partial charge in [0.25, 0.3) is 0 Å². The Hall–Kier alpha value is -2.30. The zero-order valence-electron chi connectivity index (χ0n) is 13.6. The number of rotatable bonds is 4. The molecule has 0 aromatic heterocycles. The highest BCUT2D eigenvalue weighted by Gasteiger charge is 2.29. The summed E-state index contributed by atoms with van der Waals surface area (Å²) in [5.74, 6) is 6.74. The van der Waals surface area contributed by atoms with E-state index in [4.69, 9.17) is 0 Å². The molecule has 3 rings (SSSR count). The second kappa shape index (κ2) is 7.81. The van der Waals surface area contributed by atoms with Crippen molar-refractivity contribution in [1.29, 1.82) is 0 Å². The monoisotopic (exact) mass is 302 g/mol. The van der Waals surface area contributed by atoms with Gasteiger partial charge in [-0.25, -0.2) is 0 Å². The van der Waals surface area contributed by atoms with E-state index in [0.717, 1.165) is 23.1 Å². The van der Waals surface area contributed by atoms with E-state index >= 15 is 0 Å². The van der Waals surface area contributed by atoms with Gasteiger partial charge < -0.3 is 4.48 Å². The van der Waals surface area contributed by atoms with Crippen molar-refractivity contribution in [3.05, 3.63) is 77.9 Å². The summed E-state index contributed by atoms with van der Waals surface area (Å²) in [6, 6.07) is 20.8. The minimum absolute atomic E-state index is 0.952. The lowest BCUT2D eigenvalue weighted by Gasteiger charge is -2.31. The highest BCUT2D eigenvalue weighted by Crippen LogP contribution is 2.19. The molecule has 1 heterocycles. The van der Waals surface area contributed by atoms with E-state index in [2.05, 4.69) is 66.5 Å². The summed E-state index contributed by atoms with van der Waals surface area (Å²) in [6.45, 7) is 4.54. The Labute approximate surface area is 139 Å². The summed E-state index contributed by atoms with van der Waals surface area (Å²) in [5, 5.41) is 0. The summed E-state index contributed by atoms with van der Waals surface area (Å²) in [5.41, 5.74) is 2.39. The van der Waals surface area contributed by atoms with Gasteiger partial charge in [0.15, 0.2) is 0 Å². The zero-order valence-corrected chi connectivity index (χ0v) is 13.6. The topological polar surface area (TPSA) is 0 Å². The van der Waals surface area contributed by atoms with Crippen LogP contribution in [0.3, 0.4) is 0 Å². The first-order valence-corrected chi connectivity index (χ1v) is 8.47. The van der Waals surface area contributed by atoms with Gasteiger partial charge in [-0.05, 0) is 29.7 Å². The van der Waals surface area contributed by atoms with E-state index in [1.54, 1.807) is 0 Å². The molecule has 1 aliphatic heterocycles. The van der Waals surface area contributed by atoms with E-state index in [9.17, 15) is 0 Å². The fourth-order valence-corrected chi connectivity index (χ4v) is 3.22. The lowest BCUT2D eigenvalue weighted by Crippen LogP contribution is -2.45. The Balaban J connectivity index is 1.63. The van der Waals surface area contributed by atoms with Crippen molar-refractivity contribution in [2.75, 3.05) is 26.2 Å². The van der Waals surface area contributed by atoms with Crippen LogP contribution in [0.1, 0.15) is 24.0 Å². The summed E-state index contributed by atoms with van der Waals surface area (Å²) >= 11 is 0. The van der Waals surface area contributed by atoms with Crippen molar-refractivity contribution in [3.63, 3.8) is 0 Å². The van der Waals surface area contributed by atoms with Crippen LogP contribution in [0.2, 0.25) is 0 Å². The van der Waals surface area contributed by atoms with Crippen LogP contribution >= 0.6 is 0 Å². The highest BCUT2D eigenvalue weighted by molar-refractivity contribution is 5.48. The Morgan fingerprint density at radius 3 is 2.22 bits per heavy atom. The highest BCUT2D eigenvalue weighted by atomic mass is 15.4. The second-order valence-electron chi connectivity index (χ2n) is 6.32. The third-order valence-corrected chi connectivity index (χ3v) is 4.54. The molecule has 1 aliphatic rings. The fraction of sp³-hybridized carbons (Fsp3) is 0.273. The number of likely N-dealkylation sites (tertiary alicyclic amines) is 1. The van der Waals surface area contributed by atoms with Crippen molar-refractivity contribution in [2.24, 2.45) is 0 Å². The van der Waals surface area contributed by atoms with Crippen LogP contribution in [0.5, 0.6) is 0 Å². The molecule has 0 atom stereocenters. The Bertz CT molecular complexity index is 683. The summed E-state index contributed by atoms with van der Waals surface area (Å²) in [7, 11) is 0. The fourth-order valence-electron chi connectivity index (χ4n) is 3.22. The van der Waals surface area contributed by atoms with Crippen LogP contribution in [-0.2, 0) is 0 Å². The van der Waals surface area contributed by atoms with E-state index < -0.39 is 0 Å². The van der Waals surface area contributed by atoms with Gasteiger partial charge in [-0.3, -0.25) is 0 Å². The maximum absolute atomic E-state index is 3.42. The molecule has 1 heteroatoms. The Morgan fingerprint density at radius 2 is 1.52 bits per heavy atom. The first kappa shape index (κ1) is 15.6. The van der Waals surface area contributed by atoms with E-state index in [0.29, 0.717) is 0 Å². The molecule has 0 unspecified atom stereocenters. The molecule has 0 spiro atoms. The van der Waals surface area contributed by atoms with Gasteiger partial charge in [0, 0.05) is 18.4 Å².